The molecule has 4 aliphatic rings. The standard InChI is InChI=1S/C37H45FN2O4/c1-3-8-24(19-26-11-13-32(41)31(38)20-26)12-14-33-34-27(4-2)21-29-35(30(34)23-44-33)37(43)40(36(29)42)28-15-17-39(18-16-28)22-25-9-6-5-7-10-25/h5-7,9-11,13,19-20,28-30,33,35,41H,3-4,8,12,14-18,21-23H2,1-2H3/b24-19+/t29-,30+,33-,35-/m1/s1. The fourth-order valence-electron chi connectivity index (χ4n) is 8.13. The van der Waals surface area contributed by atoms with Gasteiger partial charge in [-0.1, -0.05) is 73.9 Å². The maximum atomic E-state index is 14.0. The van der Waals surface area contributed by atoms with Crippen LogP contribution in [0.1, 0.15) is 76.3 Å². The summed E-state index contributed by atoms with van der Waals surface area (Å²) in [6.07, 6.45) is 8.60. The first-order chi connectivity index (χ1) is 21.4. The molecule has 3 aliphatic heterocycles. The molecular formula is C37H45FN2O4. The number of benzene rings is 2. The number of halogens is 1. The molecule has 3 saturated heterocycles. The van der Waals surface area contributed by atoms with Gasteiger partial charge in [0, 0.05) is 31.6 Å². The first kappa shape index (κ1) is 30.7. The van der Waals surface area contributed by atoms with Crippen LogP contribution in [-0.4, -0.2) is 58.6 Å². The molecule has 1 aliphatic carbocycles. The van der Waals surface area contributed by atoms with E-state index in [0.717, 1.165) is 70.1 Å². The zero-order chi connectivity index (χ0) is 30.8. The molecule has 234 valence electrons. The highest BCUT2D eigenvalue weighted by Gasteiger charge is 2.58. The summed E-state index contributed by atoms with van der Waals surface area (Å²) in [5, 5.41) is 9.57. The minimum absolute atomic E-state index is 0.0179. The smallest absolute Gasteiger partial charge is 0.234 e. The number of phenols is 1. The van der Waals surface area contributed by atoms with Crippen molar-refractivity contribution in [3.8, 4) is 5.75 Å². The maximum absolute atomic E-state index is 14.0. The topological polar surface area (TPSA) is 70.1 Å². The molecule has 1 N–H and O–H groups in total. The molecule has 0 radical (unpaired) electrons. The number of amides is 2. The van der Waals surface area contributed by atoms with Crippen LogP contribution in [0.3, 0.4) is 0 Å². The molecule has 6 rings (SSSR count). The van der Waals surface area contributed by atoms with Crippen molar-refractivity contribution < 1.29 is 23.8 Å². The highest BCUT2D eigenvalue weighted by atomic mass is 19.1. The van der Waals surface area contributed by atoms with Crippen molar-refractivity contribution >= 4 is 17.9 Å². The number of carbonyl (C=O) groups excluding carboxylic acids is 2. The van der Waals surface area contributed by atoms with Crippen molar-refractivity contribution in [2.75, 3.05) is 19.7 Å². The molecule has 2 aromatic rings. The maximum Gasteiger partial charge on any atom is 0.234 e. The molecule has 0 unspecified atom stereocenters. The summed E-state index contributed by atoms with van der Waals surface area (Å²) in [6, 6.07) is 14.9. The molecule has 0 spiro atoms. The van der Waals surface area contributed by atoms with Gasteiger partial charge in [0.15, 0.2) is 11.6 Å². The minimum atomic E-state index is -0.617. The van der Waals surface area contributed by atoms with Gasteiger partial charge in [-0.3, -0.25) is 19.4 Å². The molecule has 4 atom stereocenters. The number of carbonyl (C=O) groups is 2. The average molecular weight is 601 g/mol. The molecule has 0 bridgehead atoms. The highest BCUT2D eigenvalue weighted by Crippen LogP contribution is 2.51. The number of aromatic hydroxyl groups is 1. The van der Waals surface area contributed by atoms with Gasteiger partial charge in [0.05, 0.1) is 24.5 Å². The number of imide groups is 1. The number of nitrogens with zero attached hydrogens (tertiary/aromatic N) is 2. The van der Waals surface area contributed by atoms with Crippen LogP contribution < -0.4 is 0 Å². The summed E-state index contributed by atoms with van der Waals surface area (Å²) >= 11 is 0. The van der Waals surface area contributed by atoms with Crippen LogP contribution >= 0.6 is 0 Å². The van der Waals surface area contributed by atoms with Crippen LogP contribution in [-0.2, 0) is 20.9 Å². The lowest BCUT2D eigenvalue weighted by molar-refractivity contribution is -0.144. The molecule has 6 nitrogen and oxygen atoms in total. The van der Waals surface area contributed by atoms with Gasteiger partial charge in [-0.15, -0.1) is 0 Å². The number of hydrogen-bond donors (Lipinski definition) is 1. The van der Waals surface area contributed by atoms with E-state index in [1.54, 1.807) is 11.0 Å². The second kappa shape index (κ2) is 13.4. The Balaban J connectivity index is 1.13. The van der Waals surface area contributed by atoms with Gasteiger partial charge in [0.1, 0.15) is 0 Å². The zero-order valence-corrected chi connectivity index (χ0v) is 26.0. The van der Waals surface area contributed by atoms with E-state index in [0.29, 0.717) is 13.0 Å². The van der Waals surface area contributed by atoms with Gasteiger partial charge in [-0.2, -0.15) is 0 Å². The van der Waals surface area contributed by atoms with E-state index in [-0.39, 0.29) is 47.5 Å². The van der Waals surface area contributed by atoms with E-state index in [2.05, 4.69) is 43.0 Å². The summed E-state index contributed by atoms with van der Waals surface area (Å²) in [6.45, 7) is 7.44. The monoisotopic (exact) mass is 600 g/mol. The van der Waals surface area contributed by atoms with E-state index in [1.165, 1.54) is 34.4 Å². The van der Waals surface area contributed by atoms with E-state index in [4.69, 9.17) is 4.74 Å². The summed E-state index contributed by atoms with van der Waals surface area (Å²) in [5.41, 5.74) is 5.80. The first-order valence-electron chi connectivity index (χ1n) is 16.5. The number of phenolic OH excluding ortho intramolecular Hbond substituents is 1. The summed E-state index contributed by atoms with van der Waals surface area (Å²) in [4.78, 5) is 32.0. The van der Waals surface area contributed by atoms with Crippen molar-refractivity contribution in [2.24, 2.45) is 17.8 Å². The van der Waals surface area contributed by atoms with E-state index in [9.17, 15) is 19.1 Å². The Morgan fingerprint density at radius 1 is 1.02 bits per heavy atom. The third-order valence-corrected chi connectivity index (χ3v) is 10.3. The molecule has 2 amide bonds. The lowest BCUT2D eigenvalue weighted by atomic mass is 9.69. The third kappa shape index (κ3) is 6.14. The number of piperidine rings is 1. The Bertz CT molecular complexity index is 1430. The first-order valence-corrected chi connectivity index (χ1v) is 16.5. The molecular weight excluding hydrogens is 555 g/mol. The van der Waals surface area contributed by atoms with Crippen LogP contribution in [0.2, 0.25) is 0 Å². The number of ether oxygens (including phenoxy) is 1. The number of fused-ring (bicyclic) bond motifs is 3. The van der Waals surface area contributed by atoms with Gasteiger partial charge < -0.3 is 9.84 Å². The fourth-order valence-corrected chi connectivity index (χ4v) is 8.13. The molecule has 2 aromatic carbocycles. The van der Waals surface area contributed by atoms with E-state index >= 15 is 0 Å². The van der Waals surface area contributed by atoms with E-state index in [1.807, 2.05) is 12.1 Å². The lowest BCUT2D eigenvalue weighted by Gasteiger charge is -2.36. The van der Waals surface area contributed by atoms with Crippen molar-refractivity contribution in [1.29, 1.82) is 0 Å². The Kier molecular flexibility index (Phi) is 9.34. The van der Waals surface area contributed by atoms with Crippen LogP contribution in [0, 0.1) is 23.6 Å². The van der Waals surface area contributed by atoms with Crippen LogP contribution in [0.5, 0.6) is 5.75 Å². The fraction of sp³-hybridized carbons (Fsp3) is 0.514. The van der Waals surface area contributed by atoms with Crippen molar-refractivity contribution in [3.05, 3.63) is 82.2 Å². The van der Waals surface area contributed by atoms with Crippen LogP contribution in [0.4, 0.5) is 4.39 Å². The number of hydrogen-bond acceptors (Lipinski definition) is 5. The number of likely N-dealkylation sites (tertiary alicyclic amines) is 2. The van der Waals surface area contributed by atoms with Gasteiger partial charge >= 0.3 is 0 Å². The Morgan fingerprint density at radius 2 is 1.80 bits per heavy atom. The molecule has 3 fully saturated rings. The summed E-state index contributed by atoms with van der Waals surface area (Å²) < 4.78 is 20.4. The lowest BCUT2D eigenvalue weighted by Crippen LogP contribution is -2.47. The molecule has 44 heavy (non-hydrogen) atoms. The Labute approximate surface area is 260 Å². The molecule has 3 heterocycles. The predicted octanol–water partition coefficient (Wildman–Crippen LogP) is 6.89. The zero-order valence-electron chi connectivity index (χ0n) is 26.0. The van der Waals surface area contributed by atoms with Crippen molar-refractivity contribution in [2.45, 2.75) is 83.9 Å². The van der Waals surface area contributed by atoms with Crippen molar-refractivity contribution in [1.82, 2.24) is 9.80 Å². The normalized spacial score (nSPS) is 26.4. The largest absolute Gasteiger partial charge is 0.505 e. The summed E-state index contributed by atoms with van der Waals surface area (Å²) in [7, 11) is 0. The predicted molar refractivity (Wildman–Crippen MR) is 169 cm³/mol. The van der Waals surface area contributed by atoms with Crippen molar-refractivity contribution in [3.63, 3.8) is 0 Å². The van der Waals surface area contributed by atoms with Crippen LogP contribution in [0.25, 0.3) is 6.08 Å². The third-order valence-electron chi connectivity index (χ3n) is 10.3. The Hall–Kier alpha value is -3.29. The van der Waals surface area contributed by atoms with Gasteiger partial charge in [0.2, 0.25) is 11.8 Å². The average Bonchev–Trinajstić information content (AvgIpc) is 3.56. The molecule has 0 saturated carbocycles. The minimum Gasteiger partial charge on any atom is -0.505 e. The summed E-state index contributed by atoms with van der Waals surface area (Å²) in [5.74, 6) is -1.52. The number of rotatable bonds is 10. The van der Waals surface area contributed by atoms with Gasteiger partial charge in [0.25, 0.3) is 0 Å². The van der Waals surface area contributed by atoms with Gasteiger partial charge in [-0.25, -0.2) is 4.39 Å². The Morgan fingerprint density at radius 3 is 2.50 bits per heavy atom. The number of allylic oxidation sites excluding steroid dienone is 2. The quantitative estimate of drug-likeness (QED) is 0.238. The van der Waals surface area contributed by atoms with Crippen LogP contribution in [0.15, 0.2) is 65.3 Å². The van der Waals surface area contributed by atoms with E-state index < -0.39 is 5.82 Å². The second-order valence-corrected chi connectivity index (χ2v) is 13.0. The molecule has 7 heteroatoms. The van der Waals surface area contributed by atoms with Gasteiger partial charge in [-0.05, 0) is 73.8 Å². The molecule has 0 aromatic heterocycles. The second-order valence-electron chi connectivity index (χ2n) is 13.0. The highest BCUT2D eigenvalue weighted by molar-refractivity contribution is 6.06. The SMILES string of the molecule is CCC/C(=C\c1ccc(O)c(F)c1)CC[C@H]1OC[C@H]2C1=C(CC)C[C@H]1C(=O)N(C3CCN(Cc4ccccc4)CC3)C(=O)[C@H]12.